The third-order valence-corrected chi connectivity index (χ3v) is 4.52. The molecule has 4 heteroatoms. The molecular weight excluding hydrogens is 236 g/mol. The van der Waals surface area contributed by atoms with Crippen LogP contribution in [0.3, 0.4) is 0 Å². The lowest BCUT2D eigenvalue weighted by Gasteiger charge is -1.97. The Balaban J connectivity index is 1.58. The van der Waals surface area contributed by atoms with Crippen LogP contribution >= 0.6 is 22.7 Å². The third-order valence-electron chi connectivity index (χ3n) is 2.65. The summed E-state index contributed by atoms with van der Waals surface area (Å²) in [6.07, 6.45) is 5.70. The lowest BCUT2D eigenvalue weighted by atomic mass is 10.4. The number of thiazole rings is 1. The molecule has 0 atom stereocenters. The normalized spacial score (nSPS) is 15.5. The average molecular weight is 250 g/mol. The van der Waals surface area contributed by atoms with Crippen molar-refractivity contribution >= 4 is 22.7 Å². The van der Waals surface area contributed by atoms with Crippen LogP contribution in [0.1, 0.15) is 27.6 Å². The summed E-state index contributed by atoms with van der Waals surface area (Å²) in [6, 6.07) is 5.06. The van der Waals surface area contributed by atoms with Crippen molar-refractivity contribution in [3.8, 4) is 0 Å². The number of nitrogens with zero attached hydrogens (tertiary/aromatic N) is 1. The fourth-order valence-electron chi connectivity index (χ4n) is 1.61. The van der Waals surface area contributed by atoms with E-state index in [4.69, 9.17) is 0 Å². The summed E-state index contributed by atoms with van der Waals surface area (Å²) in [5.74, 6) is 0. The van der Waals surface area contributed by atoms with Gasteiger partial charge in [-0.2, -0.15) is 0 Å². The Morgan fingerprint density at radius 3 is 3.06 bits per heavy atom. The first-order chi connectivity index (χ1) is 7.90. The standard InChI is InChI=1S/C12H14N2S2/c1-2-10(15-5-1)6-12-14-8-11(16-12)7-13-9-3-4-9/h1-2,5,8-9,13H,3-4,6-7H2. The molecule has 2 heterocycles. The van der Waals surface area contributed by atoms with Gasteiger partial charge in [0, 0.05) is 35.0 Å². The predicted molar refractivity (Wildman–Crippen MR) is 69.1 cm³/mol. The Morgan fingerprint density at radius 1 is 1.38 bits per heavy atom. The summed E-state index contributed by atoms with van der Waals surface area (Å²) in [5.41, 5.74) is 0. The van der Waals surface area contributed by atoms with Gasteiger partial charge in [0.1, 0.15) is 0 Å². The molecule has 1 aliphatic carbocycles. The van der Waals surface area contributed by atoms with E-state index in [-0.39, 0.29) is 0 Å². The number of nitrogens with one attached hydrogen (secondary N) is 1. The highest BCUT2D eigenvalue weighted by Gasteiger charge is 2.20. The molecule has 0 amide bonds. The zero-order valence-electron chi connectivity index (χ0n) is 8.98. The van der Waals surface area contributed by atoms with Gasteiger partial charge in [-0.1, -0.05) is 6.07 Å². The molecule has 1 N–H and O–H groups in total. The molecular formula is C12H14N2S2. The van der Waals surface area contributed by atoms with Crippen molar-refractivity contribution in [2.75, 3.05) is 0 Å². The molecule has 1 fully saturated rings. The van der Waals surface area contributed by atoms with Gasteiger partial charge in [-0.05, 0) is 24.3 Å². The van der Waals surface area contributed by atoms with Gasteiger partial charge in [-0.15, -0.1) is 22.7 Å². The van der Waals surface area contributed by atoms with Gasteiger partial charge in [-0.3, -0.25) is 0 Å². The van der Waals surface area contributed by atoms with Crippen molar-refractivity contribution < 1.29 is 0 Å². The van der Waals surface area contributed by atoms with Crippen molar-refractivity contribution in [2.24, 2.45) is 0 Å². The van der Waals surface area contributed by atoms with E-state index in [0.29, 0.717) is 0 Å². The minimum atomic E-state index is 0.780. The second-order valence-electron chi connectivity index (χ2n) is 4.13. The molecule has 2 nitrogen and oxygen atoms in total. The molecule has 0 aliphatic heterocycles. The number of rotatable bonds is 5. The number of aromatic nitrogens is 1. The monoisotopic (exact) mass is 250 g/mol. The maximum absolute atomic E-state index is 4.47. The molecule has 0 radical (unpaired) electrons. The SMILES string of the molecule is c1csc(Cc2ncc(CNC3CC3)s2)c1. The Kier molecular flexibility index (Phi) is 3.04. The summed E-state index contributed by atoms with van der Waals surface area (Å²) in [7, 11) is 0. The van der Waals surface area contributed by atoms with E-state index in [1.807, 2.05) is 17.5 Å². The van der Waals surface area contributed by atoms with Crippen molar-refractivity contribution in [2.45, 2.75) is 31.8 Å². The van der Waals surface area contributed by atoms with Crippen molar-refractivity contribution in [3.63, 3.8) is 0 Å². The predicted octanol–water partition coefficient (Wildman–Crippen LogP) is 3.05. The largest absolute Gasteiger partial charge is 0.309 e. The molecule has 84 valence electrons. The van der Waals surface area contributed by atoms with Gasteiger partial charge in [0.15, 0.2) is 0 Å². The Morgan fingerprint density at radius 2 is 2.31 bits per heavy atom. The van der Waals surface area contributed by atoms with Crippen LogP contribution in [-0.2, 0) is 13.0 Å². The Labute approximate surface area is 103 Å². The molecule has 0 saturated heterocycles. The molecule has 0 bridgehead atoms. The molecule has 0 aromatic carbocycles. The fraction of sp³-hybridized carbons (Fsp3) is 0.417. The summed E-state index contributed by atoms with van der Waals surface area (Å²) >= 11 is 3.64. The average Bonchev–Trinajstić information content (AvgIpc) is 2.78. The smallest absolute Gasteiger partial charge is 0.0980 e. The van der Waals surface area contributed by atoms with Gasteiger partial charge in [-0.25, -0.2) is 4.98 Å². The number of hydrogen-bond acceptors (Lipinski definition) is 4. The first-order valence-electron chi connectivity index (χ1n) is 5.59. The van der Waals surface area contributed by atoms with E-state index in [1.54, 1.807) is 11.3 Å². The van der Waals surface area contributed by atoms with Gasteiger partial charge >= 0.3 is 0 Å². The van der Waals surface area contributed by atoms with Crippen LogP contribution in [0.5, 0.6) is 0 Å². The van der Waals surface area contributed by atoms with Crippen molar-refractivity contribution in [1.82, 2.24) is 10.3 Å². The fourth-order valence-corrected chi connectivity index (χ4v) is 3.30. The highest BCUT2D eigenvalue weighted by Crippen LogP contribution is 2.22. The summed E-state index contributed by atoms with van der Waals surface area (Å²) in [5, 5.41) is 6.87. The zero-order chi connectivity index (χ0) is 10.8. The maximum atomic E-state index is 4.47. The van der Waals surface area contributed by atoms with Gasteiger partial charge in [0.2, 0.25) is 0 Å². The molecule has 2 aromatic heterocycles. The second-order valence-corrected chi connectivity index (χ2v) is 6.36. The second kappa shape index (κ2) is 4.65. The van der Waals surface area contributed by atoms with Crippen molar-refractivity contribution in [3.05, 3.63) is 38.5 Å². The first-order valence-corrected chi connectivity index (χ1v) is 7.29. The first kappa shape index (κ1) is 10.4. The lowest BCUT2D eigenvalue weighted by molar-refractivity contribution is 0.694. The molecule has 2 aromatic rings. The quantitative estimate of drug-likeness (QED) is 0.882. The highest BCUT2D eigenvalue weighted by atomic mass is 32.1. The van der Waals surface area contributed by atoms with E-state index >= 15 is 0 Å². The van der Waals surface area contributed by atoms with Crippen LogP contribution in [0.2, 0.25) is 0 Å². The van der Waals surface area contributed by atoms with Gasteiger partial charge in [0.05, 0.1) is 5.01 Å². The van der Waals surface area contributed by atoms with Gasteiger partial charge < -0.3 is 5.32 Å². The molecule has 3 rings (SSSR count). The maximum Gasteiger partial charge on any atom is 0.0980 e. The van der Waals surface area contributed by atoms with Crippen LogP contribution in [0.15, 0.2) is 23.7 Å². The third kappa shape index (κ3) is 2.70. The van der Waals surface area contributed by atoms with E-state index in [9.17, 15) is 0 Å². The minimum Gasteiger partial charge on any atom is -0.309 e. The Hall–Kier alpha value is -0.710. The molecule has 0 spiro atoms. The van der Waals surface area contributed by atoms with Crippen LogP contribution < -0.4 is 5.32 Å². The minimum absolute atomic E-state index is 0.780. The molecule has 16 heavy (non-hydrogen) atoms. The van der Waals surface area contributed by atoms with Crippen LogP contribution in [-0.4, -0.2) is 11.0 Å². The summed E-state index contributed by atoms with van der Waals surface area (Å²) in [6.45, 7) is 0.993. The summed E-state index contributed by atoms with van der Waals surface area (Å²) < 4.78 is 0. The van der Waals surface area contributed by atoms with E-state index in [1.165, 1.54) is 27.6 Å². The van der Waals surface area contributed by atoms with Crippen LogP contribution in [0.25, 0.3) is 0 Å². The molecule has 1 saturated carbocycles. The molecule has 0 unspecified atom stereocenters. The molecule has 1 aliphatic rings. The topological polar surface area (TPSA) is 24.9 Å². The number of hydrogen-bond donors (Lipinski definition) is 1. The summed E-state index contributed by atoms with van der Waals surface area (Å²) in [4.78, 5) is 7.23. The zero-order valence-corrected chi connectivity index (χ0v) is 10.6. The van der Waals surface area contributed by atoms with E-state index in [0.717, 1.165) is 19.0 Å². The highest BCUT2D eigenvalue weighted by molar-refractivity contribution is 7.12. The Bertz CT molecular complexity index is 443. The van der Waals surface area contributed by atoms with E-state index < -0.39 is 0 Å². The number of thiophene rings is 1. The van der Waals surface area contributed by atoms with E-state index in [2.05, 4.69) is 27.8 Å². The van der Waals surface area contributed by atoms with Crippen molar-refractivity contribution in [1.29, 1.82) is 0 Å². The van der Waals surface area contributed by atoms with Crippen LogP contribution in [0.4, 0.5) is 0 Å². The van der Waals surface area contributed by atoms with Gasteiger partial charge in [0.25, 0.3) is 0 Å². The van der Waals surface area contributed by atoms with Crippen LogP contribution in [0, 0.1) is 0 Å². The lowest BCUT2D eigenvalue weighted by Crippen LogP contribution is -2.14.